The van der Waals surface area contributed by atoms with Gasteiger partial charge in [-0.25, -0.2) is 0 Å². The summed E-state index contributed by atoms with van der Waals surface area (Å²) < 4.78 is 19.0. The third-order valence-electron chi connectivity index (χ3n) is 4.25. The fourth-order valence-corrected chi connectivity index (χ4v) is 5.37. The van der Waals surface area contributed by atoms with E-state index in [2.05, 4.69) is 34.6 Å². The molecule has 0 aliphatic rings. The van der Waals surface area contributed by atoms with Gasteiger partial charge in [-0.1, -0.05) is 53.9 Å². The van der Waals surface area contributed by atoms with E-state index in [0.717, 1.165) is 56.6 Å². The maximum atomic E-state index is 10.0. The Bertz CT molecular complexity index is 302. The molecule has 1 N–H and O–H groups in total. The second-order valence-corrected chi connectivity index (χ2v) is 9.74. The van der Waals surface area contributed by atoms with E-state index >= 15 is 0 Å². The lowest BCUT2D eigenvalue weighted by molar-refractivity contribution is -0.147. The Morgan fingerprint density at radius 2 is 1.11 bits per heavy atom. The van der Waals surface area contributed by atoms with Crippen LogP contribution < -0.4 is 0 Å². The van der Waals surface area contributed by atoms with Crippen LogP contribution in [0.5, 0.6) is 0 Å². The number of ether oxygens (including phenoxy) is 3. The minimum absolute atomic E-state index is 0.0333. The first-order valence-electron chi connectivity index (χ1n) is 10.9. The van der Waals surface area contributed by atoms with Gasteiger partial charge >= 0.3 is 0 Å². The third kappa shape index (κ3) is 12.7. The molecule has 0 aliphatic carbocycles. The zero-order valence-electron chi connectivity index (χ0n) is 18.3. The van der Waals surface area contributed by atoms with Crippen LogP contribution in [0.15, 0.2) is 0 Å². The minimum atomic E-state index is -0.336. The zero-order valence-corrected chi connectivity index (χ0v) is 19.9. The van der Waals surface area contributed by atoms with Crippen molar-refractivity contribution in [3.05, 3.63) is 0 Å². The van der Waals surface area contributed by atoms with Gasteiger partial charge in [-0.05, 0) is 30.8 Å². The Kier molecular flexibility index (Phi) is 20.2. The predicted octanol–water partition coefficient (Wildman–Crippen LogP) is 5.37. The number of unbranched alkanes of at least 4 members (excludes halogenated alkanes) is 3. The second kappa shape index (κ2) is 19.8. The molecule has 6 heteroatoms. The van der Waals surface area contributed by atoms with E-state index in [1.807, 2.05) is 23.5 Å². The van der Waals surface area contributed by atoms with Gasteiger partial charge in [0.1, 0.15) is 18.3 Å². The van der Waals surface area contributed by atoms with Crippen LogP contribution in [0.3, 0.4) is 0 Å². The van der Waals surface area contributed by atoms with E-state index in [9.17, 15) is 5.11 Å². The lowest BCUT2D eigenvalue weighted by Crippen LogP contribution is -2.49. The van der Waals surface area contributed by atoms with Gasteiger partial charge in [0.25, 0.3) is 0 Å². The lowest BCUT2D eigenvalue weighted by Gasteiger charge is -2.36. The van der Waals surface area contributed by atoms with Crippen molar-refractivity contribution in [1.29, 1.82) is 0 Å². The highest BCUT2D eigenvalue weighted by molar-refractivity contribution is 8.17. The molecule has 3 atom stereocenters. The van der Waals surface area contributed by atoms with Crippen molar-refractivity contribution in [2.75, 3.05) is 37.9 Å². The van der Waals surface area contributed by atoms with E-state index in [0.29, 0.717) is 13.2 Å². The number of aliphatic hydroxyl groups is 1. The molecule has 0 aromatic carbocycles. The van der Waals surface area contributed by atoms with Crippen molar-refractivity contribution in [3.63, 3.8) is 0 Å². The first kappa shape index (κ1) is 27.5. The van der Waals surface area contributed by atoms with Gasteiger partial charge in [0, 0.05) is 19.8 Å². The molecule has 0 saturated heterocycles. The molecule has 0 saturated carbocycles. The van der Waals surface area contributed by atoms with Crippen LogP contribution >= 0.6 is 23.5 Å². The number of rotatable bonds is 20. The Balaban J connectivity index is 5.38. The average Bonchev–Trinajstić information content (AvgIpc) is 2.67. The smallest absolute Gasteiger partial charge is 0.114 e. The number of aliphatic hydroxyl groups excluding tert-OH is 1. The Morgan fingerprint density at radius 3 is 1.52 bits per heavy atom. The van der Waals surface area contributed by atoms with E-state index < -0.39 is 0 Å². The molecule has 0 aromatic rings. The average molecular weight is 425 g/mol. The molecule has 164 valence electrons. The van der Waals surface area contributed by atoms with Crippen LogP contribution in [-0.4, -0.2) is 65.9 Å². The van der Waals surface area contributed by atoms with Crippen LogP contribution in [0.1, 0.15) is 73.1 Å². The van der Waals surface area contributed by atoms with Crippen molar-refractivity contribution in [1.82, 2.24) is 0 Å². The summed E-state index contributed by atoms with van der Waals surface area (Å²) in [7, 11) is 0. The summed E-state index contributed by atoms with van der Waals surface area (Å²) in [5.74, 6) is 2.07. The van der Waals surface area contributed by atoms with Crippen molar-refractivity contribution in [2.24, 2.45) is 0 Å². The highest BCUT2D eigenvalue weighted by atomic mass is 32.2. The fourth-order valence-electron chi connectivity index (χ4n) is 2.67. The third-order valence-corrected chi connectivity index (χ3v) is 6.92. The van der Waals surface area contributed by atoms with Gasteiger partial charge in [0.15, 0.2) is 0 Å². The number of thioether (sulfide) groups is 2. The minimum Gasteiger partial charge on any atom is -0.394 e. The van der Waals surface area contributed by atoms with Crippen molar-refractivity contribution in [3.8, 4) is 0 Å². The first-order valence-corrected chi connectivity index (χ1v) is 13.0. The van der Waals surface area contributed by atoms with E-state index in [1.54, 1.807) is 0 Å². The summed E-state index contributed by atoms with van der Waals surface area (Å²) in [6, 6.07) is 0. The Labute approximate surface area is 176 Å². The highest BCUT2D eigenvalue weighted by Crippen LogP contribution is 2.32. The maximum absolute atomic E-state index is 10.0. The van der Waals surface area contributed by atoms with Crippen LogP contribution in [0.25, 0.3) is 0 Å². The molecule has 0 radical (unpaired) electrons. The molecule has 4 nitrogen and oxygen atoms in total. The molecule has 0 spiro atoms. The van der Waals surface area contributed by atoms with Crippen LogP contribution in [-0.2, 0) is 14.2 Å². The molecule has 0 rings (SSSR count). The number of hydrogen-bond donors (Lipinski definition) is 1. The SMILES string of the molecule is CCCCO[C@H]([C@@H](CO)OCCCC)[C@@H](OCCCC)C(SCC)SCC. The highest BCUT2D eigenvalue weighted by Gasteiger charge is 2.37. The summed E-state index contributed by atoms with van der Waals surface area (Å²) in [6.07, 6.45) is 5.67. The van der Waals surface area contributed by atoms with Crippen molar-refractivity contribution in [2.45, 2.75) is 96.0 Å². The van der Waals surface area contributed by atoms with E-state index in [4.69, 9.17) is 14.2 Å². The van der Waals surface area contributed by atoms with Gasteiger partial charge in [-0.15, -0.1) is 23.5 Å². The molecular weight excluding hydrogens is 380 g/mol. The molecule has 0 fully saturated rings. The van der Waals surface area contributed by atoms with E-state index in [-0.39, 0.29) is 29.5 Å². The Hall–Kier alpha value is 0.540. The molecule has 0 bridgehead atoms. The summed E-state index contributed by atoms with van der Waals surface area (Å²) in [5.41, 5.74) is 0. The quantitative estimate of drug-likeness (QED) is 0.209. The topological polar surface area (TPSA) is 47.9 Å². The van der Waals surface area contributed by atoms with Gasteiger partial charge in [0.2, 0.25) is 0 Å². The molecule has 0 aliphatic heterocycles. The Morgan fingerprint density at radius 1 is 0.667 bits per heavy atom. The van der Waals surface area contributed by atoms with Crippen LogP contribution in [0, 0.1) is 0 Å². The van der Waals surface area contributed by atoms with Crippen LogP contribution in [0.4, 0.5) is 0 Å². The monoisotopic (exact) mass is 424 g/mol. The summed E-state index contributed by atoms with van der Waals surface area (Å²) in [5, 5.41) is 10.0. The van der Waals surface area contributed by atoms with Crippen molar-refractivity contribution < 1.29 is 19.3 Å². The summed E-state index contributed by atoms with van der Waals surface area (Å²) in [6.45, 7) is 12.9. The first-order chi connectivity index (χ1) is 13.2. The van der Waals surface area contributed by atoms with E-state index in [1.165, 1.54) is 0 Å². The molecule has 0 unspecified atom stereocenters. The largest absolute Gasteiger partial charge is 0.394 e. The summed E-state index contributed by atoms with van der Waals surface area (Å²) >= 11 is 3.82. The number of hydrogen-bond acceptors (Lipinski definition) is 6. The van der Waals surface area contributed by atoms with Gasteiger partial charge < -0.3 is 19.3 Å². The van der Waals surface area contributed by atoms with Gasteiger partial charge in [-0.2, -0.15) is 0 Å². The zero-order chi connectivity index (χ0) is 20.3. The summed E-state index contributed by atoms with van der Waals surface area (Å²) in [4.78, 5) is 0. The van der Waals surface area contributed by atoms with Gasteiger partial charge in [-0.3, -0.25) is 0 Å². The predicted molar refractivity (Wildman–Crippen MR) is 121 cm³/mol. The van der Waals surface area contributed by atoms with Gasteiger partial charge in [0.05, 0.1) is 11.2 Å². The standard InChI is InChI=1S/C21H44O4S2/c1-6-11-14-23-18(17-22)19(24-15-12-7-2)20(25-16-13-8-3)21(26-9-4)27-10-5/h18-22H,6-17H2,1-5H3/t18-,19-,20-/m1/s1. The maximum Gasteiger partial charge on any atom is 0.114 e. The molecule has 27 heavy (non-hydrogen) atoms. The molecule has 0 amide bonds. The molecule has 0 heterocycles. The molecule has 0 aromatic heterocycles. The second-order valence-electron chi connectivity index (χ2n) is 6.60. The fraction of sp³-hybridized carbons (Fsp3) is 1.00. The lowest BCUT2D eigenvalue weighted by atomic mass is 10.1. The normalized spacial score (nSPS) is 15.2. The molecular formula is C21H44O4S2. The van der Waals surface area contributed by atoms with Crippen LogP contribution in [0.2, 0.25) is 0 Å². The van der Waals surface area contributed by atoms with Crippen molar-refractivity contribution >= 4 is 23.5 Å².